The van der Waals surface area contributed by atoms with Gasteiger partial charge in [-0.2, -0.15) is 0 Å². The van der Waals surface area contributed by atoms with E-state index in [1.54, 1.807) is 0 Å². The van der Waals surface area contributed by atoms with Crippen LogP contribution < -0.4 is 0 Å². The molecular formula is C18H15NO. The highest BCUT2D eigenvalue weighted by Gasteiger charge is 2.09. The fourth-order valence-corrected chi connectivity index (χ4v) is 2.22. The lowest BCUT2D eigenvalue weighted by molar-refractivity contribution is 0.103. The molecule has 3 rings (SSSR count). The minimum absolute atomic E-state index is 0.0670. The number of carbonyl (C=O) groups excluding carboxylic acids is 1. The van der Waals surface area contributed by atoms with Gasteiger partial charge < -0.3 is 4.57 Å². The van der Waals surface area contributed by atoms with Crippen LogP contribution >= 0.6 is 0 Å². The molecule has 1 aromatic heterocycles. The largest absolute Gasteiger partial charge is 0.349 e. The first kappa shape index (κ1) is 12.4. The van der Waals surface area contributed by atoms with E-state index in [1.807, 2.05) is 71.6 Å². The normalized spacial score (nSPS) is 10.4. The van der Waals surface area contributed by atoms with Crippen LogP contribution in [0.3, 0.4) is 0 Å². The molecule has 0 fully saturated rings. The van der Waals surface area contributed by atoms with Gasteiger partial charge in [-0.25, -0.2) is 0 Å². The molecule has 98 valence electrons. The van der Waals surface area contributed by atoms with Gasteiger partial charge in [0.05, 0.1) is 0 Å². The van der Waals surface area contributed by atoms with Crippen molar-refractivity contribution in [3.8, 4) is 0 Å². The summed E-state index contributed by atoms with van der Waals surface area (Å²) in [5.41, 5.74) is 2.68. The number of hydrogen-bond acceptors (Lipinski definition) is 1. The molecule has 20 heavy (non-hydrogen) atoms. The Labute approximate surface area is 118 Å². The molecule has 3 aromatic rings. The van der Waals surface area contributed by atoms with Gasteiger partial charge in [-0.1, -0.05) is 60.7 Å². The Bertz CT molecular complexity index is 699. The summed E-state index contributed by atoms with van der Waals surface area (Å²) in [6.07, 6.45) is 3.85. The Morgan fingerprint density at radius 3 is 2.15 bits per heavy atom. The lowest BCUT2D eigenvalue weighted by Gasteiger charge is -2.02. The van der Waals surface area contributed by atoms with Crippen LogP contribution in [0.15, 0.2) is 79.1 Å². The van der Waals surface area contributed by atoms with Crippen molar-refractivity contribution in [3.05, 3.63) is 95.8 Å². The summed E-state index contributed by atoms with van der Waals surface area (Å²) >= 11 is 0. The molecule has 0 N–H and O–H groups in total. The summed E-state index contributed by atoms with van der Waals surface area (Å²) in [6, 6.07) is 21.5. The highest BCUT2D eigenvalue weighted by atomic mass is 16.1. The number of carbonyl (C=O) groups is 1. The third-order valence-corrected chi connectivity index (χ3v) is 3.26. The summed E-state index contributed by atoms with van der Waals surface area (Å²) in [7, 11) is 0. The molecular weight excluding hydrogens is 246 g/mol. The van der Waals surface area contributed by atoms with E-state index in [1.165, 1.54) is 5.56 Å². The van der Waals surface area contributed by atoms with Crippen molar-refractivity contribution in [2.24, 2.45) is 0 Å². The predicted molar refractivity (Wildman–Crippen MR) is 79.9 cm³/mol. The zero-order valence-electron chi connectivity index (χ0n) is 11.1. The molecule has 1 heterocycles. The maximum Gasteiger partial charge on any atom is 0.194 e. The second kappa shape index (κ2) is 5.57. The average Bonchev–Trinajstić information content (AvgIpc) is 2.97. The van der Waals surface area contributed by atoms with E-state index in [2.05, 4.69) is 12.1 Å². The van der Waals surface area contributed by atoms with E-state index in [0.717, 1.165) is 17.7 Å². The van der Waals surface area contributed by atoms with Crippen LogP contribution in [0.25, 0.3) is 0 Å². The number of aromatic nitrogens is 1. The monoisotopic (exact) mass is 261 g/mol. The maximum absolute atomic E-state index is 12.3. The van der Waals surface area contributed by atoms with E-state index in [0.29, 0.717) is 0 Å². The zero-order valence-corrected chi connectivity index (χ0v) is 11.1. The molecule has 2 nitrogen and oxygen atoms in total. The van der Waals surface area contributed by atoms with E-state index < -0.39 is 0 Å². The van der Waals surface area contributed by atoms with Gasteiger partial charge in [0, 0.05) is 30.1 Å². The minimum atomic E-state index is 0.0670. The van der Waals surface area contributed by atoms with E-state index in [9.17, 15) is 4.79 Å². The zero-order chi connectivity index (χ0) is 13.8. The van der Waals surface area contributed by atoms with Crippen molar-refractivity contribution in [2.75, 3.05) is 0 Å². The number of nitrogens with zero attached hydrogens (tertiary/aromatic N) is 1. The number of rotatable bonds is 4. The van der Waals surface area contributed by atoms with Crippen molar-refractivity contribution in [3.63, 3.8) is 0 Å². The first-order valence-corrected chi connectivity index (χ1v) is 6.62. The molecule has 2 aromatic carbocycles. The minimum Gasteiger partial charge on any atom is -0.349 e. The Kier molecular flexibility index (Phi) is 3.46. The van der Waals surface area contributed by atoms with Gasteiger partial charge in [-0.05, 0) is 11.6 Å². The van der Waals surface area contributed by atoms with Crippen LogP contribution in [-0.2, 0) is 6.54 Å². The average molecular weight is 261 g/mol. The van der Waals surface area contributed by atoms with E-state index in [-0.39, 0.29) is 5.78 Å². The Morgan fingerprint density at radius 1 is 0.800 bits per heavy atom. The molecule has 0 aliphatic heterocycles. The van der Waals surface area contributed by atoms with E-state index >= 15 is 0 Å². The van der Waals surface area contributed by atoms with Gasteiger partial charge in [-0.15, -0.1) is 0 Å². The SMILES string of the molecule is O=C(c1ccccc1)c1ccn(Cc2ccccc2)c1. The molecule has 0 amide bonds. The smallest absolute Gasteiger partial charge is 0.194 e. The van der Waals surface area contributed by atoms with Crippen molar-refractivity contribution < 1.29 is 4.79 Å². The Balaban J connectivity index is 1.79. The van der Waals surface area contributed by atoms with Gasteiger partial charge >= 0.3 is 0 Å². The van der Waals surface area contributed by atoms with Gasteiger partial charge in [0.25, 0.3) is 0 Å². The van der Waals surface area contributed by atoms with Crippen LogP contribution in [0.1, 0.15) is 21.5 Å². The second-order valence-corrected chi connectivity index (χ2v) is 4.75. The predicted octanol–water partition coefficient (Wildman–Crippen LogP) is 3.77. The van der Waals surface area contributed by atoms with Gasteiger partial charge in [0.2, 0.25) is 0 Å². The lowest BCUT2D eigenvalue weighted by Crippen LogP contribution is -2.00. The third kappa shape index (κ3) is 2.69. The van der Waals surface area contributed by atoms with Crippen molar-refractivity contribution in [2.45, 2.75) is 6.54 Å². The van der Waals surface area contributed by atoms with Crippen LogP contribution in [0.2, 0.25) is 0 Å². The van der Waals surface area contributed by atoms with E-state index in [4.69, 9.17) is 0 Å². The Hall–Kier alpha value is -2.61. The fraction of sp³-hybridized carbons (Fsp3) is 0.0556. The first-order valence-electron chi connectivity index (χ1n) is 6.62. The van der Waals surface area contributed by atoms with Crippen LogP contribution in [-0.4, -0.2) is 10.4 Å². The number of ketones is 1. The molecule has 2 heteroatoms. The molecule has 0 atom stereocenters. The molecule has 0 aliphatic rings. The summed E-state index contributed by atoms with van der Waals surface area (Å²) in [5.74, 6) is 0.0670. The number of hydrogen-bond donors (Lipinski definition) is 0. The molecule has 0 radical (unpaired) electrons. The summed E-state index contributed by atoms with van der Waals surface area (Å²) in [6.45, 7) is 0.781. The van der Waals surface area contributed by atoms with Crippen molar-refractivity contribution >= 4 is 5.78 Å². The molecule has 0 unspecified atom stereocenters. The summed E-state index contributed by atoms with van der Waals surface area (Å²) in [5, 5.41) is 0. The Morgan fingerprint density at radius 2 is 1.45 bits per heavy atom. The summed E-state index contributed by atoms with van der Waals surface area (Å²) < 4.78 is 2.03. The topological polar surface area (TPSA) is 22.0 Å². The molecule has 0 saturated heterocycles. The van der Waals surface area contributed by atoms with Crippen LogP contribution in [0.4, 0.5) is 0 Å². The maximum atomic E-state index is 12.3. The highest BCUT2D eigenvalue weighted by molar-refractivity contribution is 6.08. The highest BCUT2D eigenvalue weighted by Crippen LogP contribution is 2.11. The van der Waals surface area contributed by atoms with Crippen molar-refractivity contribution in [1.29, 1.82) is 0 Å². The quantitative estimate of drug-likeness (QED) is 0.655. The van der Waals surface area contributed by atoms with Crippen LogP contribution in [0.5, 0.6) is 0 Å². The van der Waals surface area contributed by atoms with Crippen LogP contribution in [0, 0.1) is 0 Å². The molecule has 0 aliphatic carbocycles. The van der Waals surface area contributed by atoms with Gasteiger partial charge in [-0.3, -0.25) is 4.79 Å². The standard InChI is InChI=1S/C18H15NO/c20-18(16-9-5-2-6-10-16)17-11-12-19(14-17)13-15-7-3-1-4-8-15/h1-12,14H,13H2. The third-order valence-electron chi connectivity index (χ3n) is 3.26. The molecule has 0 saturated carbocycles. The lowest BCUT2D eigenvalue weighted by atomic mass is 10.1. The van der Waals surface area contributed by atoms with Gasteiger partial charge in [0.15, 0.2) is 5.78 Å². The molecule has 0 spiro atoms. The second-order valence-electron chi connectivity index (χ2n) is 4.75. The summed E-state index contributed by atoms with van der Waals surface area (Å²) in [4.78, 5) is 12.3. The first-order chi connectivity index (χ1) is 9.83. The van der Waals surface area contributed by atoms with Gasteiger partial charge in [0.1, 0.15) is 0 Å². The number of benzene rings is 2. The fourth-order valence-electron chi connectivity index (χ4n) is 2.22. The molecule has 0 bridgehead atoms. The van der Waals surface area contributed by atoms with Crippen molar-refractivity contribution in [1.82, 2.24) is 4.57 Å².